The summed E-state index contributed by atoms with van der Waals surface area (Å²) in [6, 6.07) is 5.98. The van der Waals surface area contributed by atoms with Crippen LogP contribution in [0.2, 0.25) is 0 Å². The summed E-state index contributed by atoms with van der Waals surface area (Å²) in [7, 11) is 1.82. The first-order chi connectivity index (χ1) is 9.61. The van der Waals surface area contributed by atoms with Crippen molar-refractivity contribution in [2.45, 2.75) is 6.42 Å². The number of hydrogen-bond acceptors (Lipinski definition) is 5. The molecule has 0 saturated carbocycles. The molecule has 0 aliphatic rings. The highest BCUT2D eigenvalue weighted by atomic mass is 16.6. The molecule has 0 spiro atoms. The van der Waals surface area contributed by atoms with Gasteiger partial charge >= 0.3 is 5.69 Å². The van der Waals surface area contributed by atoms with E-state index in [-0.39, 0.29) is 17.0 Å². The highest BCUT2D eigenvalue weighted by molar-refractivity contribution is 5.77. The van der Waals surface area contributed by atoms with Gasteiger partial charge in [0.05, 0.1) is 11.5 Å². The lowest BCUT2D eigenvalue weighted by Gasteiger charge is -2.07. The van der Waals surface area contributed by atoms with Crippen LogP contribution in [0.1, 0.15) is 16.1 Å². The normalized spacial score (nSPS) is 10.2. The van der Waals surface area contributed by atoms with E-state index in [0.717, 1.165) is 5.69 Å². The molecule has 0 N–H and O–H groups in total. The fourth-order valence-electron chi connectivity index (χ4n) is 1.78. The van der Waals surface area contributed by atoms with Crippen LogP contribution in [0.25, 0.3) is 0 Å². The molecule has 104 valence electrons. The summed E-state index contributed by atoms with van der Waals surface area (Å²) in [5.74, 6) is 0.155. The second-order valence-corrected chi connectivity index (χ2v) is 4.15. The molecule has 0 unspecified atom stereocenters. The molecular weight excluding hydrogens is 262 g/mol. The predicted molar refractivity (Wildman–Crippen MR) is 70.9 cm³/mol. The van der Waals surface area contributed by atoms with Gasteiger partial charge in [-0.2, -0.15) is 5.10 Å². The molecule has 0 aliphatic carbocycles. The number of aldehydes is 1. The van der Waals surface area contributed by atoms with Crippen LogP contribution in [0, 0.1) is 10.1 Å². The number of rotatable bonds is 6. The maximum Gasteiger partial charge on any atom is 0.311 e. The van der Waals surface area contributed by atoms with Crippen molar-refractivity contribution < 1.29 is 14.5 Å². The van der Waals surface area contributed by atoms with Gasteiger partial charge in [-0.05, 0) is 18.2 Å². The second-order valence-electron chi connectivity index (χ2n) is 4.15. The van der Waals surface area contributed by atoms with Crippen LogP contribution >= 0.6 is 0 Å². The Morgan fingerprint density at radius 3 is 2.85 bits per heavy atom. The minimum atomic E-state index is -0.563. The molecule has 0 fully saturated rings. The largest absolute Gasteiger partial charge is 0.486 e. The first-order valence-electron chi connectivity index (χ1n) is 5.95. The van der Waals surface area contributed by atoms with Crippen molar-refractivity contribution in [2.75, 3.05) is 6.61 Å². The number of nitro groups is 1. The molecule has 1 heterocycles. The number of carbonyl (C=O) groups excluding carboxylic acids is 1. The zero-order chi connectivity index (χ0) is 14.5. The zero-order valence-electron chi connectivity index (χ0n) is 10.9. The summed E-state index contributed by atoms with van der Waals surface area (Å²) in [5.41, 5.74) is 1.01. The van der Waals surface area contributed by atoms with Crippen LogP contribution in [0.4, 0.5) is 5.69 Å². The van der Waals surface area contributed by atoms with Crippen molar-refractivity contribution in [3.63, 3.8) is 0 Å². The fourth-order valence-corrected chi connectivity index (χ4v) is 1.78. The summed E-state index contributed by atoms with van der Waals surface area (Å²) in [6.07, 6.45) is 2.83. The number of benzene rings is 1. The molecule has 0 aliphatic heterocycles. The molecule has 2 aromatic rings. The third kappa shape index (κ3) is 3.00. The predicted octanol–water partition coefficient (Wildman–Crippen LogP) is 1.76. The van der Waals surface area contributed by atoms with Crippen molar-refractivity contribution in [3.8, 4) is 5.75 Å². The Morgan fingerprint density at radius 1 is 1.45 bits per heavy atom. The maximum atomic E-state index is 10.9. The van der Waals surface area contributed by atoms with Gasteiger partial charge in [-0.15, -0.1) is 0 Å². The smallest absolute Gasteiger partial charge is 0.311 e. The van der Waals surface area contributed by atoms with Crippen LogP contribution in [0.5, 0.6) is 5.75 Å². The molecule has 0 amide bonds. The average Bonchev–Trinajstić information content (AvgIpc) is 2.84. The van der Waals surface area contributed by atoms with Crippen LogP contribution < -0.4 is 4.74 Å². The molecule has 0 radical (unpaired) electrons. The van der Waals surface area contributed by atoms with E-state index < -0.39 is 4.92 Å². The third-order valence-electron chi connectivity index (χ3n) is 2.85. The highest BCUT2D eigenvalue weighted by Gasteiger charge is 2.16. The highest BCUT2D eigenvalue weighted by Crippen LogP contribution is 2.27. The Labute approximate surface area is 114 Å². The monoisotopic (exact) mass is 275 g/mol. The fraction of sp³-hybridized carbons (Fsp3) is 0.231. The van der Waals surface area contributed by atoms with Gasteiger partial charge < -0.3 is 4.74 Å². The zero-order valence-corrected chi connectivity index (χ0v) is 10.9. The van der Waals surface area contributed by atoms with Gasteiger partial charge in [-0.25, -0.2) is 0 Å². The number of carbonyl (C=O) groups is 1. The Hall–Kier alpha value is -2.70. The van der Waals surface area contributed by atoms with E-state index in [1.807, 2.05) is 13.1 Å². The van der Waals surface area contributed by atoms with Gasteiger partial charge in [0, 0.05) is 37.0 Å². The summed E-state index contributed by atoms with van der Waals surface area (Å²) in [5, 5.41) is 15.0. The van der Waals surface area contributed by atoms with Gasteiger partial charge in [0.25, 0.3) is 0 Å². The minimum Gasteiger partial charge on any atom is -0.486 e. The Balaban J connectivity index is 2.07. The lowest BCUT2D eigenvalue weighted by atomic mass is 10.2. The molecule has 1 aromatic carbocycles. The number of nitro benzene ring substituents is 1. The minimum absolute atomic E-state index is 0.155. The van der Waals surface area contributed by atoms with Gasteiger partial charge in [0.2, 0.25) is 0 Å². The molecular formula is C13H13N3O4. The van der Waals surface area contributed by atoms with Crippen molar-refractivity contribution in [3.05, 3.63) is 51.8 Å². The quantitative estimate of drug-likeness (QED) is 0.455. The van der Waals surface area contributed by atoms with Crippen molar-refractivity contribution in [1.29, 1.82) is 0 Å². The average molecular weight is 275 g/mol. The van der Waals surface area contributed by atoms with Crippen LogP contribution in [-0.2, 0) is 13.5 Å². The topological polar surface area (TPSA) is 87.3 Å². The molecule has 7 heteroatoms. The summed E-state index contributed by atoms with van der Waals surface area (Å²) < 4.78 is 7.14. The molecule has 7 nitrogen and oxygen atoms in total. The Kier molecular flexibility index (Phi) is 4.09. The van der Waals surface area contributed by atoms with E-state index in [4.69, 9.17) is 4.74 Å². The van der Waals surface area contributed by atoms with Gasteiger partial charge in [0.1, 0.15) is 6.29 Å². The van der Waals surface area contributed by atoms with Crippen molar-refractivity contribution in [1.82, 2.24) is 9.78 Å². The van der Waals surface area contributed by atoms with Crippen molar-refractivity contribution >= 4 is 12.0 Å². The number of nitrogens with zero attached hydrogens (tertiary/aromatic N) is 3. The Bertz CT molecular complexity index is 636. The summed E-state index contributed by atoms with van der Waals surface area (Å²) >= 11 is 0. The number of aromatic nitrogens is 2. The Morgan fingerprint density at radius 2 is 2.25 bits per heavy atom. The van der Waals surface area contributed by atoms with Crippen LogP contribution in [0.15, 0.2) is 30.5 Å². The van der Waals surface area contributed by atoms with Gasteiger partial charge in [0.15, 0.2) is 5.75 Å². The van der Waals surface area contributed by atoms with Gasteiger partial charge in [-0.1, -0.05) is 0 Å². The van der Waals surface area contributed by atoms with Crippen LogP contribution in [-0.4, -0.2) is 27.6 Å². The first kappa shape index (κ1) is 13.7. The maximum absolute atomic E-state index is 10.9. The second kappa shape index (κ2) is 5.96. The van der Waals surface area contributed by atoms with E-state index in [1.165, 1.54) is 18.2 Å². The summed E-state index contributed by atoms with van der Waals surface area (Å²) in [4.78, 5) is 21.0. The van der Waals surface area contributed by atoms with E-state index in [1.54, 1.807) is 10.9 Å². The van der Waals surface area contributed by atoms with E-state index in [0.29, 0.717) is 19.3 Å². The lowest BCUT2D eigenvalue weighted by molar-refractivity contribution is -0.385. The molecule has 0 atom stereocenters. The van der Waals surface area contributed by atoms with E-state index in [2.05, 4.69) is 5.10 Å². The van der Waals surface area contributed by atoms with Gasteiger partial charge in [-0.3, -0.25) is 19.6 Å². The van der Waals surface area contributed by atoms with Crippen LogP contribution in [0.3, 0.4) is 0 Å². The molecule has 20 heavy (non-hydrogen) atoms. The van der Waals surface area contributed by atoms with E-state index in [9.17, 15) is 14.9 Å². The number of aryl methyl sites for hydroxylation is 1. The third-order valence-corrected chi connectivity index (χ3v) is 2.85. The standard InChI is InChI=1S/C13H13N3O4/c1-15-11(4-6-14-15)5-7-20-13-3-2-10(9-17)8-12(13)16(18)19/h2-4,6,8-9H,5,7H2,1H3. The molecule has 0 saturated heterocycles. The lowest BCUT2D eigenvalue weighted by Crippen LogP contribution is -2.07. The molecule has 1 aromatic heterocycles. The molecule has 0 bridgehead atoms. The van der Waals surface area contributed by atoms with E-state index >= 15 is 0 Å². The molecule has 2 rings (SSSR count). The number of hydrogen-bond donors (Lipinski definition) is 0. The number of ether oxygens (including phenoxy) is 1. The summed E-state index contributed by atoms with van der Waals surface area (Å²) in [6.45, 7) is 0.292. The van der Waals surface area contributed by atoms with Crippen molar-refractivity contribution in [2.24, 2.45) is 7.05 Å². The first-order valence-corrected chi connectivity index (χ1v) is 5.95. The SMILES string of the molecule is Cn1nccc1CCOc1ccc(C=O)cc1[N+](=O)[O-].